The van der Waals surface area contributed by atoms with Gasteiger partial charge in [-0.25, -0.2) is 4.98 Å². The van der Waals surface area contributed by atoms with Gasteiger partial charge in [0, 0.05) is 11.4 Å². The molecule has 1 aliphatic heterocycles. The molecule has 0 radical (unpaired) electrons. The predicted molar refractivity (Wildman–Crippen MR) is 65.5 cm³/mol. The second kappa shape index (κ2) is 4.81. The summed E-state index contributed by atoms with van der Waals surface area (Å²) in [4.78, 5) is 7.09. The fourth-order valence-electron chi connectivity index (χ4n) is 2.25. The Morgan fingerprint density at radius 1 is 1.73 bits per heavy atom. The van der Waals surface area contributed by atoms with E-state index in [-0.39, 0.29) is 0 Å². The lowest BCUT2D eigenvalue weighted by Gasteiger charge is -2.26. The molecule has 2 atom stereocenters. The van der Waals surface area contributed by atoms with Gasteiger partial charge in [0.1, 0.15) is 5.01 Å². The van der Waals surface area contributed by atoms with Crippen molar-refractivity contribution in [2.75, 3.05) is 6.54 Å². The molecule has 84 valence electrons. The van der Waals surface area contributed by atoms with Gasteiger partial charge < -0.3 is 0 Å². The van der Waals surface area contributed by atoms with Gasteiger partial charge in [-0.15, -0.1) is 22.9 Å². The highest BCUT2D eigenvalue weighted by Crippen LogP contribution is 2.30. The average molecular weight is 245 g/mol. The number of thiazole rings is 1. The highest BCUT2D eigenvalue weighted by molar-refractivity contribution is 7.09. The van der Waals surface area contributed by atoms with Gasteiger partial charge in [0.15, 0.2) is 0 Å². The van der Waals surface area contributed by atoms with E-state index in [1.54, 1.807) is 11.3 Å². The smallest absolute Gasteiger partial charge is 0.110 e. The van der Waals surface area contributed by atoms with E-state index in [9.17, 15) is 0 Å². The lowest BCUT2D eigenvalue weighted by Crippen LogP contribution is -2.29. The van der Waals surface area contributed by atoms with Gasteiger partial charge in [0.25, 0.3) is 0 Å². The lowest BCUT2D eigenvalue weighted by atomic mass is 10.2. The molecule has 0 bridgehead atoms. The first-order valence-electron chi connectivity index (χ1n) is 5.48. The molecule has 1 aromatic heterocycles. The average Bonchev–Trinajstić information content (AvgIpc) is 2.84. The maximum absolute atomic E-state index is 5.76. The Morgan fingerprint density at radius 3 is 3.07 bits per heavy atom. The Labute approximate surface area is 100 Å². The van der Waals surface area contributed by atoms with Gasteiger partial charge in [-0.2, -0.15) is 0 Å². The number of hydrogen-bond acceptors (Lipinski definition) is 3. The van der Waals surface area contributed by atoms with Crippen LogP contribution >= 0.6 is 22.9 Å². The molecule has 2 rings (SSSR count). The van der Waals surface area contributed by atoms with Gasteiger partial charge in [0.05, 0.1) is 17.6 Å². The number of rotatable bonds is 3. The van der Waals surface area contributed by atoms with Crippen LogP contribution in [0.3, 0.4) is 0 Å². The summed E-state index contributed by atoms with van der Waals surface area (Å²) in [7, 11) is 0. The fraction of sp³-hybridized carbons (Fsp3) is 0.727. The molecule has 0 N–H and O–H groups in total. The molecule has 2 unspecified atom stereocenters. The third-order valence-corrected chi connectivity index (χ3v) is 4.50. The third-order valence-electron chi connectivity index (χ3n) is 3.17. The topological polar surface area (TPSA) is 16.1 Å². The zero-order valence-electron chi connectivity index (χ0n) is 9.24. The highest BCUT2D eigenvalue weighted by Gasteiger charge is 2.27. The molecule has 0 amide bonds. The van der Waals surface area contributed by atoms with E-state index >= 15 is 0 Å². The maximum atomic E-state index is 5.76. The number of alkyl halides is 1. The van der Waals surface area contributed by atoms with Crippen LogP contribution in [0.1, 0.15) is 43.4 Å². The summed E-state index contributed by atoms with van der Waals surface area (Å²) >= 11 is 7.50. The van der Waals surface area contributed by atoms with Gasteiger partial charge in [-0.05, 0) is 33.2 Å². The van der Waals surface area contributed by atoms with Crippen LogP contribution in [0.25, 0.3) is 0 Å². The Hall–Kier alpha value is -0.120. The molecule has 0 saturated carbocycles. The van der Waals surface area contributed by atoms with Gasteiger partial charge in [-0.1, -0.05) is 0 Å². The molecule has 0 aromatic carbocycles. The third kappa shape index (κ3) is 2.35. The van der Waals surface area contributed by atoms with Crippen molar-refractivity contribution in [1.82, 2.24) is 9.88 Å². The summed E-state index contributed by atoms with van der Waals surface area (Å²) in [6.45, 7) is 5.76. The van der Waals surface area contributed by atoms with Crippen LogP contribution < -0.4 is 0 Å². The number of nitrogens with zero attached hydrogens (tertiary/aromatic N) is 2. The summed E-state index contributed by atoms with van der Waals surface area (Å²) < 4.78 is 0. The van der Waals surface area contributed by atoms with Crippen LogP contribution in [-0.4, -0.2) is 22.5 Å². The Kier molecular flexibility index (Phi) is 3.65. The quantitative estimate of drug-likeness (QED) is 0.758. The first-order valence-corrected chi connectivity index (χ1v) is 6.89. The molecule has 1 aromatic rings. The molecule has 15 heavy (non-hydrogen) atoms. The second-order valence-corrected chi connectivity index (χ2v) is 5.37. The van der Waals surface area contributed by atoms with E-state index in [4.69, 9.17) is 11.6 Å². The largest absolute Gasteiger partial charge is 0.292 e. The summed E-state index contributed by atoms with van der Waals surface area (Å²) in [5.41, 5.74) is 1.01. The normalized spacial score (nSPS) is 24.6. The van der Waals surface area contributed by atoms with Crippen molar-refractivity contribution in [2.24, 2.45) is 0 Å². The first-order chi connectivity index (χ1) is 7.22. The van der Waals surface area contributed by atoms with Crippen molar-refractivity contribution in [2.45, 2.75) is 44.7 Å². The summed E-state index contributed by atoms with van der Waals surface area (Å²) in [5, 5.41) is 3.28. The number of likely N-dealkylation sites (tertiary alicyclic amines) is 1. The van der Waals surface area contributed by atoms with E-state index in [0.29, 0.717) is 18.0 Å². The lowest BCUT2D eigenvalue weighted by molar-refractivity contribution is 0.204. The molecule has 0 aliphatic carbocycles. The molecule has 2 nitrogen and oxygen atoms in total. The van der Waals surface area contributed by atoms with Crippen LogP contribution in [0.5, 0.6) is 0 Å². The van der Waals surface area contributed by atoms with E-state index in [2.05, 4.69) is 29.1 Å². The van der Waals surface area contributed by atoms with Crippen molar-refractivity contribution < 1.29 is 0 Å². The van der Waals surface area contributed by atoms with E-state index < -0.39 is 0 Å². The van der Waals surface area contributed by atoms with Gasteiger partial charge in [-0.3, -0.25) is 4.90 Å². The summed E-state index contributed by atoms with van der Waals surface area (Å²) in [6, 6.07) is 1.15. The zero-order valence-corrected chi connectivity index (χ0v) is 10.8. The molecule has 0 spiro atoms. The van der Waals surface area contributed by atoms with Gasteiger partial charge in [0.2, 0.25) is 0 Å². The van der Waals surface area contributed by atoms with Gasteiger partial charge >= 0.3 is 0 Å². The van der Waals surface area contributed by atoms with E-state index in [0.717, 1.165) is 5.69 Å². The Balaban J connectivity index is 2.09. The SMILES string of the molecule is CC1CCCN1C(C)c1nc(CCl)cs1. The zero-order chi connectivity index (χ0) is 10.8. The van der Waals surface area contributed by atoms with Crippen molar-refractivity contribution in [3.8, 4) is 0 Å². The maximum Gasteiger partial charge on any atom is 0.110 e. The molecule has 4 heteroatoms. The van der Waals surface area contributed by atoms with Crippen LogP contribution in [0.15, 0.2) is 5.38 Å². The first kappa shape index (κ1) is 11.4. The van der Waals surface area contributed by atoms with E-state index in [1.807, 2.05) is 0 Å². The fourth-order valence-corrected chi connectivity index (χ4v) is 3.37. The monoisotopic (exact) mass is 244 g/mol. The second-order valence-electron chi connectivity index (χ2n) is 4.22. The van der Waals surface area contributed by atoms with Crippen molar-refractivity contribution in [3.63, 3.8) is 0 Å². The number of halogens is 1. The van der Waals surface area contributed by atoms with E-state index in [1.165, 1.54) is 24.4 Å². The molecule has 1 fully saturated rings. The van der Waals surface area contributed by atoms with Crippen LogP contribution in [0.4, 0.5) is 0 Å². The molecule has 1 saturated heterocycles. The minimum atomic E-state index is 0.449. The minimum Gasteiger partial charge on any atom is -0.292 e. The predicted octanol–water partition coefficient (Wildman–Crippen LogP) is 3.43. The van der Waals surface area contributed by atoms with Crippen LogP contribution in [0, 0.1) is 0 Å². The van der Waals surface area contributed by atoms with Crippen LogP contribution in [-0.2, 0) is 5.88 Å². The standard InChI is InChI=1S/C11H17ClN2S/c1-8-4-3-5-14(8)9(2)11-13-10(6-12)7-15-11/h7-9H,3-6H2,1-2H3. The van der Waals surface area contributed by atoms with Crippen molar-refractivity contribution in [3.05, 3.63) is 16.1 Å². The number of hydrogen-bond donors (Lipinski definition) is 0. The molecule has 1 aliphatic rings. The van der Waals surface area contributed by atoms with Crippen LogP contribution in [0.2, 0.25) is 0 Å². The Morgan fingerprint density at radius 2 is 2.53 bits per heavy atom. The molecular formula is C11H17ClN2S. The molecular weight excluding hydrogens is 228 g/mol. The van der Waals surface area contributed by atoms with Crippen molar-refractivity contribution in [1.29, 1.82) is 0 Å². The molecule has 2 heterocycles. The van der Waals surface area contributed by atoms with Crippen molar-refractivity contribution >= 4 is 22.9 Å². The highest BCUT2D eigenvalue weighted by atomic mass is 35.5. The minimum absolute atomic E-state index is 0.449. The summed E-state index contributed by atoms with van der Waals surface area (Å²) in [5.74, 6) is 0.527. The summed E-state index contributed by atoms with van der Waals surface area (Å²) in [6.07, 6.45) is 2.64. The number of aromatic nitrogens is 1. The Bertz CT molecular complexity index is 326.